The van der Waals surface area contributed by atoms with Crippen LogP contribution >= 0.6 is 0 Å². The molecule has 0 unspecified atom stereocenters. The summed E-state index contributed by atoms with van der Waals surface area (Å²) in [4.78, 5) is 9.20. The maximum atomic E-state index is 11.2. The van der Waals surface area contributed by atoms with Crippen LogP contribution in [-0.2, 0) is 17.4 Å². The van der Waals surface area contributed by atoms with Gasteiger partial charge in [0.25, 0.3) is 0 Å². The molecule has 23 heavy (non-hydrogen) atoms. The zero-order chi connectivity index (χ0) is 17.0. The van der Waals surface area contributed by atoms with E-state index in [-0.39, 0.29) is 0 Å². The highest BCUT2D eigenvalue weighted by Gasteiger charge is 2.51. The van der Waals surface area contributed by atoms with Gasteiger partial charge < -0.3 is 33.7 Å². The summed E-state index contributed by atoms with van der Waals surface area (Å²) in [5.74, 6) is 0. The van der Waals surface area contributed by atoms with Gasteiger partial charge in [-0.05, 0) is 32.5 Å². The first-order chi connectivity index (χ1) is 11.1. The van der Waals surface area contributed by atoms with Gasteiger partial charge in [-0.3, -0.25) is 4.46 Å². The van der Waals surface area contributed by atoms with Gasteiger partial charge in [-0.15, -0.1) is 0 Å². The van der Waals surface area contributed by atoms with Crippen LogP contribution in [0.2, 0.25) is 0 Å². The van der Waals surface area contributed by atoms with Crippen molar-refractivity contribution in [1.82, 2.24) is 20.5 Å². The van der Waals surface area contributed by atoms with E-state index in [4.69, 9.17) is 13.0 Å². The Hall–Kier alpha value is -0.406. The van der Waals surface area contributed by atoms with Crippen LogP contribution in [0.25, 0.3) is 0 Å². The molecule has 0 saturated carbocycles. The van der Waals surface area contributed by atoms with Gasteiger partial charge in [-0.25, -0.2) is 4.57 Å². The molecule has 0 spiro atoms. The van der Waals surface area contributed by atoms with Crippen molar-refractivity contribution in [3.05, 3.63) is 0 Å². The quantitative estimate of drug-likeness (QED) is 0.411. The predicted molar refractivity (Wildman–Crippen MR) is 88.9 cm³/mol. The molecular weight excluding hydrogens is 336 g/mol. The fraction of sp³-hybridized carbons (Fsp3) is 1.00. The lowest BCUT2D eigenvalue weighted by atomic mass is 10.3. The van der Waals surface area contributed by atoms with Gasteiger partial charge in [0.15, 0.2) is 0 Å². The summed E-state index contributed by atoms with van der Waals surface area (Å²) in [6, 6.07) is 0. The summed E-state index contributed by atoms with van der Waals surface area (Å²) < 4.78 is 29.2. The number of rotatable bonds is 5. The normalized spacial score (nSPS) is 20.6. The molecule has 1 fully saturated rings. The number of hydrogen-bond donors (Lipinski definition) is 4. The molecule has 0 aromatic rings. The van der Waals surface area contributed by atoms with Gasteiger partial charge >= 0.3 is 18.1 Å². The SMILES string of the molecule is CO[Si](OC)(O[Si](=O)O)N1CCCNCCNCCCNCC1. The summed E-state index contributed by atoms with van der Waals surface area (Å²) in [6.07, 6.45) is 1.93. The minimum Gasteiger partial charge on any atom is -0.512 e. The maximum absolute atomic E-state index is 11.2. The highest BCUT2D eigenvalue weighted by Crippen LogP contribution is 2.14. The zero-order valence-electron chi connectivity index (χ0n) is 14.1. The number of hydrogen-bond acceptors (Lipinski definition) is 8. The second kappa shape index (κ2) is 12.0. The van der Waals surface area contributed by atoms with Crippen LogP contribution in [-0.4, -0.2) is 94.1 Å². The van der Waals surface area contributed by atoms with E-state index in [1.165, 1.54) is 14.2 Å². The molecular formula is C12H30N4O5Si2. The van der Waals surface area contributed by atoms with E-state index >= 15 is 0 Å². The summed E-state index contributed by atoms with van der Waals surface area (Å²) in [7, 11) is -3.54. The number of nitrogens with zero attached hydrogens (tertiary/aromatic N) is 1. The van der Waals surface area contributed by atoms with Crippen LogP contribution in [0.4, 0.5) is 0 Å². The van der Waals surface area contributed by atoms with Crippen LogP contribution < -0.4 is 16.0 Å². The van der Waals surface area contributed by atoms with Gasteiger partial charge in [0.2, 0.25) is 0 Å². The van der Waals surface area contributed by atoms with Crippen molar-refractivity contribution >= 4 is 18.1 Å². The predicted octanol–water partition coefficient (Wildman–Crippen LogP) is -2.00. The minimum absolute atomic E-state index is 0.635. The largest absolute Gasteiger partial charge is 0.753 e. The van der Waals surface area contributed by atoms with Crippen molar-refractivity contribution < 1.29 is 22.2 Å². The Morgan fingerprint density at radius 1 is 0.913 bits per heavy atom. The van der Waals surface area contributed by atoms with Crippen LogP contribution in [0.5, 0.6) is 0 Å². The third kappa shape index (κ3) is 7.80. The molecule has 136 valence electrons. The first-order valence-electron chi connectivity index (χ1n) is 8.04. The molecule has 1 aliphatic heterocycles. The molecule has 9 nitrogen and oxygen atoms in total. The van der Waals surface area contributed by atoms with Crippen molar-refractivity contribution in [3.63, 3.8) is 0 Å². The van der Waals surface area contributed by atoms with E-state index in [1.54, 1.807) is 0 Å². The van der Waals surface area contributed by atoms with E-state index in [1.807, 2.05) is 4.57 Å². The molecule has 0 atom stereocenters. The van der Waals surface area contributed by atoms with E-state index < -0.39 is 18.1 Å². The van der Waals surface area contributed by atoms with Crippen LogP contribution in [0.15, 0.2) is 0 Å². The van der Waals surface area contributed by atoms with Crippen molar-refractivity contribution in [1.29, 1.82) is 0 Å². The Labute approximate surface area is 141 Å². The first-order valence-corrected chi connectivity index (χ1v) is 11.0. The Bertz CT molecular complexity index is 323. The van der Waals surface area contributed by atoms with E-state index in [9.17, 15) is 9.26 Å². The second-order valence-electron chi connectivity index (χ2n) is 5.24. The van der Waals surface area contributed by atoms with Gasteiger partial charge in [0, 0.05) is 46.9 Å². The van der Waals surface area contributed by atoms with Gasteiger partial charge in [-0.1, -0.05) is 0 Å². The highest BCUT2D eigenvalue weighted by atomic mass is 28.4. The van der Waals surface area contributed by atoms with Gasteiger partial charge in [0.1, 0.15) is 0 Å². The average molecular weight is 367 g/mol. The lowest BCUT2D eigenvalue weighted by Crippen LogP contribution is -2.62. The molecule has 0 aliphatic carbocycles. The fourth-order valence-electron chi connectivity index (χ4n) is 2.48. The number of nitrogens with one attached hydrogen (secondary N) is 3. The highest BCUT2D eigenvalue weighted by molar-refractivity contribution is 6.63. The van der Waals surface area contributed by atoms with E-state index in [0.29, 0.717) is 13.1 Å². The third-order valence-electron chi connectivity index (χ3n) is 3.65. The van der Waals surface area contributed by atoms with Crippen molar-refractivity contribution in [2.45, 2.75) is 12.8 Å². The Morgan fingerprint density at radius 2 is 1.48 bits per heavy atom. The van der Waals surface area contributed by atoms with Crippen molar-refractivity contribution in [3.8, 4) is 0 Å². The van der Waals surface area contributed by atoms with Crippen LogP contribution in [0, 0.1) is 0 Å². The minimum atomic E-state index is -3.31. The molecule has 11 heteroatoms. The zero-order valence-corrected chi connectivity index (χ0v) is 16.1. The molecule has 0 bridgehead atoms. The molecule has 1 rings (SSSR count). The van der Waals surface area contributed by atoms with E-state index in [2.05, 4.69) is 16.0 Å². The summed E-state index contributed by atoms with van der Waals surface area (Å²) >= 11 is 0. The standard InChI is InChI=1S/C12H30N4O5Si2/c1-19-23(20-2,21-22(17)18)16-11-4-7-14-9-8-13-5-3-6-15-10-12-16/h13-15,17H,3-12H2,1-2H3. The van der Waals surface area contributed by atoms with Crippen LogP contribution in [0.3, 0.4) is 0 Å². The van der Waals surface area contributed by atoms with Gasteiger partial charge in [-0.2, -0.15) is 0 Å². The first kappa shape index (κ1) is 20.6. The molecule has 1 aliphatic rings. The molecule has 0 aromatic carbocycles. The smallest absolute Gasteiger partial charge is 0.512 e. The fourth-order valence-corrected chi connectivity index (χ4v) is 6.05. The van der Waals surface area contributed by atoms with Gasteiger partial charge in [0.05, 0.1) is 0 Å². The average Bonchev–Trinajstić information content (AvgIpc) is 2.54. The van der Waals surface area contributed by atoms with Crippen molar-refractivity contribution in [2.24, 2.45) is 0 Å². The summed E-state index contributed by atoms with van der Waals surface area (Å²) in [5, 5.41) is 10.1. The maximum Gasteiger partial charge on any atom is 0.753 e. The molecule has 4 N–H and O–H groups in total. The second-order valence-corrected chi connectivity index (χ2v) is 9.09. The Morgan fingerprint density at radius 3 is 2.04 bits per heavy atom. The Balaban J connectivity index is 2.68. The third-order valence-corrected chi connectivity index (χ3v) is 7.63. The topological polar surface area (TPSA) is 104 Å². The molecule has 0 aromatic heterocycles. The Kier molecular flexibility index (Phi) is 10.8. The lowest BCUT2D eigenvalue weighted by Gasteiger charge is -2.35. The molecule has 0 radical (unpaired) electrons. The van der Waals surface area contributed by atoms with Crippen molar-refractivity contribution in [2.75, 3.05) is 66.6 Å². The summed E-state index contributed by atoms with van der Waals surface area (Å²) in [6.45, 7) is 6.69. The monoisotopic (exact) mass is 366 g/mol. The van der Waals surface area contributed by atoms with E-state index in [0.717, 1.165) is 52.1 Å². The molecule has 0 amide bonds. The molecule has 1 heterocycles. The lowest BCUT2D eigenvalue weighted by molar-refractivity contribution is 0.0749. The molecule has 1 saturated heterocycles. The van der Waals surface area contributed by atoms with Crippen LogP contribution in [0.1, 0.15) is 12.8 Å². The summed E-state index contributed by atoms with van der Waals surface area (Å²) in [5.41, 5.74) is 0.